The number of carbonyl (C=O) groups excluding carboxylic acids is 1. The van der Waals surface area contributed by atoms with E-state index in [0.29, 0.717) is 41.8 Å². The third kappa shape index (κ3) is 4.97. The molecular formula is C25H28N2O4. The number of fused-ring (bicyclic) bond motifs is 1. The van der Waals surface area contributed by atoms with Crippen LogP contribution in [0.3, 0.4) is 0 Å². The van der Waals surface area contributed by atoms with Crippen LogP contribution in [0.5, 0.6) is 5.75 Å². The number of nitrogens with one attached hydrogen (secondary N) is 1. The van der Waals surface area contributed by atoms with Crippen molar-refractivity contribution in [2.45, 2.75) is 25.8 Å². The van der Waals surface area contributed by atoms with Crippen molar-refractivity contribution in [3.05, 3.63) is 76.2 Å². The number of pyridine rings is 1. The minimum absolute atomic E-state index is 0.0786. The number of amides is 1. The van der Waals surface area contributed by atoms with Crippen molar-refractivity contribution in [2.24, 2.45) is 5.92 Å². The number of hydrogen-bond donors (Lipinski definition) is 1. The second-order valence-corrected chi connectivity index (χ2v) is 7.95. The van der Waals surface area contributed by atoms with E-state index in [1.165, 1.54) is 0 Å². The summed E-state index contributed by atoms with van der Waals surface area (Å²) in [7, 11) is 1.64. The zero-order valence-corrected chi connectivity index (χ0v) is 17.8. The van der Waals surface area contributed by atoms with Crippen molar-refractivity contribution in [1.29, 1.82) is 0 Å². The number of rotatable bonds is 7. The predicted molar refractivity (Wildman–Crippen MR) is 121 cm³/mol. The second kappa shape index (κ2) is 9.79. The van der Waals surface area contributed by atoms with Crippen molar-refractivity contribution in [3.63, 3.8) is 0 Å². The van der Waals surface area contributed by atoms with Crippen LogP contribution in [0.1, 0.15) is 28.8 Å². The summed E-state index contributed by atoms with van der Waals surface area (Å²) in [5, 5.41) is 4.33. The summed E-state index contributed by atoms with van der Waals surface area (Å²) in [6.45, 7) is 2.62. The van der Waals surface area contributed by atoms with E-state index in [2.05, 4.69) is 5.32 Å². The standard InChI is InChI=1S/C25H28N2O4/c1-30-20-8-6-18(7-9-20)10-13-27-17-23(21-4-2-3-5-22(21)25(27)29)24(28)26-16-19-11-14-31-15-12-19/h2-9,17,19H,10-16H2,1H3,(H,26,28). The number of aromatic nitrogens is 1. The zero-order valence-electron chi connectivity index (χ0n) is 17.8. The first kappa shape index (κ1) is 21.1. The molecule has 1 aliphatic heterocycles. The lowest BCUT2D eigenvalue weighted by molar-refractivity contribution is 0.0643. The van der Waals surface area contributed by atoms with Crippen LogP contribution in [0.15, 0.2) is 59.5 Å². The van der Waals surface area contributed by atoms with E-state index in [9.17, 15) is 9.59 Å². The average Bonchev–Trinajstić information content (AvgIpc) is 2.83. The Kier molecular flexibility index (Phi) is 6.67. The molecule has 1 saturated heterocycles. The molecule has 0 spiro atoms. The maximum atomic E-state index is 13.0. The van der Waals surface area contributed by atoms with Gasteiger partial charge >= 0.3 is 0 Å². The van der Waals surface area contributed by atoms with Crippen molar-refractivity contribution in [2.75, 3.05) is 26.9 Å². The molecule has 1 fully saturated rings. The molecular weight excluding hydrogens is 392 g/mol. The lowest BCUT2D eigenvalue weighted by Gasteiger charge is -2.22. The van der Waals surface area contributed by atoms with Crippen LogP contribution in [0, 0.1) is 5.92 Å². The quantitative estimate of drug-likeness (QED) is 0.636. The Labute approximate surface area is 181 Å². The molecule has 0 saturated carbocycles. The van der Waals surface area contributed by atoms with Gasteiger partial charge in [0.25, 0.3) is 11.5 Å². The summed E-state index contributed by atoms with van der Waals surface area (Å²) < 4.78 is 12.2. The summed E-state index contributed by atoms with van der Waals surface area (Å²) in [5.41, 5.74) is 1.56. The van der Waals surface area contributed by atoms with E-state index >= 15 is 0 Å². The Morgan fingerprint density at radius 1 is 1.10 bits per heavy atom. The first-order valence-corrected chi connectivity index (χ1v) is 10.8. The van der Waals surface area contributed by atoms with Gasteiger partial charge in [0, 0.05) is 43.3 Å². The Bertz CT molecular complexity index is 1100. The minimum atomic E-state index is -0.138. The number of nitrogens with zero attached hydrogens (tertiary/aromatic N) is 1. The lowest BCUT2D eigenvalue weighted by Crippen LogP contribution is -2.33. The minimum Gasteiger partial charge on any atom is -0.497 e. The van der Waals surface area contributed by atoms with Crippen molar-refractivity contribution < 1.29 is 14.3 Å². The molecule has 3 aromatic rings. The fourth-order valence-corrected chi connectivity index (χ4v) is 4.01. The molecule has 6 heteroatoms. The smallest absolute Gasteiger partial charge is 0.258 e. The molecule has 1 amide bonds. The van der Waals surface area contributed by atoms with Gasteiger partial charge in [-0.05, 0) is 48.9 Å². The monoisotopic (exact) mass is 420 g/mol. The van der Waals surface area contributed by atoms with Crippen molar-refractivity contribution >= 4 is 16.7 Å². The third-order valence-corrected chi connectivity index (χ3v) is 5.93. The maximum Gasteiger partial charge on any atom is 0.258 e. The van der Waals surface area contributed by atoms with Crippen LogP contribution in [-0.2, 0) is 17.7 Å². The van der Waals surface area contributed by atoms with Gasteiger partial charge < -0.3 is 19.4 Å². The number of aryl methyl sites for hydroxylation is 2. The van der Waals surface area contributed by atoms with E-state index in [-0.39, 0.29) is 11.5 Å². The van der Waals surface area contributed by atoms with Crippen LogP contribution in [0.25, 0.3) is 10.8 Å². The average molecular weight is 421 g/mol. The molecule has 0 radical (unpaired) electrons. The number of carbonyl (C=O) groups is 1. The van der Waals surface area contributed by atoms with Gasteiger partial charge in [-0.3, -0.25) is 9.59 Å². The molecule has 0 atom stereocenters. The van der Waals surface area contributed by atoms with Crippen molar-refractivity contribution in [1.82, 2.24) is 9.88 Å². The van der Waals surface area contributed by atoms with Gasteiger partial charge in [-0.1, -0.05) is 30.3 Å². The number of ether oxygens (including phenoxy) is 2. The Morgan fingerprint density at radius 2 is 1.81 bits per heavy atom. The van der Waals surface area contributed by atoms with E-state index < -0.39 is 0 Å². The van der Waals surface area contributed by atoms with Gasteiger partial charge in [-0.25, -0.2) is 0 Å². The first-order chi connectivity index (χ1) is 15.2. The highest BCUT2D eigenvalue weighted by Crippen LogP contribution is 2.18. The molecule has 6 nitrogen and oxygen atoms in total. The van der Waals surface area contributed by atoms with Crippen LogP contribution in [0.2, 0.25) is 0 Å². The third-order valence-electron chi connectivity index (χ3n) is 5.93. The molecule has 1 N–H and O–H groups in total. The topological polar surface area (TPSA) is 69.6 Å². The van der Waals surface area contributed by atoms with E-state index in [4.69, 9.17) is 9.47 Å². The zero-order chi connectivity index (χ0) is 21.6. The van der Waals surface area contributed by atoms with Gasteiger partial charge in [0.1, 0.15) is 5.75 Å². The number of benzene rings is 2. The molecule has 4 rings (SSSR count). The Hall–Kier alpha value is -3.12. The molecule has 0 unspecified atom stereocenters. The predicted octanol–water partition coefficient (Wildman–Crippen LogP) is 3.41. The van der Waals surface area contributed by atoms with E-state index in [0.717, 1.165) is 37.4 Å². The van der Waals surface area contributed by atoms with Crippen LogP contribution in [0.4, 0.5) is 0 Å². The molecule has 0 aliphatic carbocycles. The molecule has 162 valence electrons. The summed E-state index contributed by atoms with van der Waals surface area (Å²) in [6.07, 6.45) is 4.31. The highest BCUT2D eigenvalue weighted by atomic mass is 16.5. The molecule has 2 heterocycles. The van der Waals surface area contributed by atoms with Gasteiger partial charge in [-0.2, -0.15) is 0 Å². The molecule has 0 bridgehead atoms. The summed E-state index contributed by atoms with van der Waals surface area (Å²) in [6, 6.07) is 15.1. The SMILES string of the molecule is COc1ccc(CCn2cc(C(=O)NCC3CCOCC3)c3ccccc3c2=O)cc1. The summed E-state index contributed by atoms with van der Waals surface area (Å²) in [4.78, 5) is 26.1. The molecule has 2 aromatic carbocycles. The van der Waals surface area contributed by atoms with Gasteiger partial charge in [0.15, 0.2) is 0 Å². The van der Waals surface area contributed by atoms with Gasteiger partial charge in [0.2, 0.25) is 0 Å². The van der Waals surface area contributed by atoms with Crippen LogP contribution in [-0.4, -0.2) is 37.3 Å². The van der Waals surface area contributed by atoms with Crippen LogP contribution < -0.4 is 15.6 Å². The maximum absolute atomic E-state index is 13.0. The van der Waals surface area contributed by atoms with E-state index in [1.54, 1.807) is 23.9 Å². The Balaban J connectivity index is 1.56. The molecule has 31 heavy (non-hydrogen) atoms. The highest BCUT2D eigenvalue weighted by Gasteiger charge is 2.18. The van der Waals surface area contributed by atoms with Gasteiger partial charge in [-0.15, -0.1) is 0 Å². The van der Waals surface area contributed by atoms with Gasteiger partial charge in [0.05, 0.1) is 12.7 Å². The largest absolute Gasteiger partial charge is 0.497 e. The number of hydrogen-bond acceptors (Lipinski definition) is 4. The molecule has 1 aromatic heterocycles. The second-order valence-electron chi connectivity index (χ2n) is 7.95. The number of methoxy groups -OCH3 is 1. The summed E-state index contributed by atoms with van der Waals surface area (Å²) >= 11 is 0. The summed E-state index contributed by atoms with van der Waals surface area (Å²) in [5.74, 6) is 1.10. The fraction of sp³-hybridized carbons (Fsp3) is 0.360. The van der Waals surface area contributed by atoms with Crippen molar-refractivity contribution in [3.8, 4) is 5.75 Å². The Morgan fingerprint density at radius 3 is 2.52 bits per heavy atom. The lowest BCUT2D eigenvalue weighted by atomic mass is 10.00. The van der Waals surface area contributed by atoms with Crippen LogP contribution >= 0.6 is 0 Å². The normalized spacial score (nSPS) is 14.5. The first-order valence-electron chi connectivity index (χ1n) is 10.8. The van der Waals surface area contributed by atoms with E-state index in [1.807, 2.05) is 42.5 Å². The molecule has 1 aliphatic rings. The highest BCUT2D eigenvalue weighted by molar-refractivity contribution is 6.06. The fourth-order valence-electron chi connectivity index (χ4n) is 4.01.